The molecule has 0 aromatic heterocycles. The highest BCUT2D eigenvalue weighted by molar-refractivity contribution is 5.98. The molecule has 0 heterocycles. The standard InChI is InChI=1S/C24H23NO/c1-25(23-15-13-20(14-16-23)18-7-3-2-4-8-18)24(26)22-12-11-19-9-5-6-10-21(19)17-22/h2-13,17,23H,14-16H2,1H3. The fourth-order valence-corrected chi connectivity index (χ4v) is 3.78. The maximum absolute atomic E-state index is 12.9. The SMILES string of the molecule is CN(C(=O)c1ccc2ccccc2c1)C1CC=C(c2ccccc2)CC1. The molecular weight excluding hydrogens is 318 g/mol. The molecule has 1 aliphatic carbocycles. The van der Waals surface area contributed by atoms with Crippen molar-refractivity contribution in [2.75, 3.05) is 7.05 Å². The van der Waals surface area contributed by atoms with Crippen molar-refractivity contribution in [2.45, 2.75) is 25.3 Å². The van der Waals surface area contributed by atoms with Crippen LogP contribution in [-0.4, -0.2) is 23.9 Å². The van der Waals surface area contributed by atoms with Crippen molar-refractivity contribution in [1.29, 1.82) is 0 Å². The summed E-state index contributed by atoms with van der Waals surface area (Å²) in [4.78, 5) is 14.9. The van der Waals surface area contributed by atoms with Crippen LogP contribution in [0.1, 0.15) is 35.2 Å². The number of hydrogen-bond donors (Lipinski definition) is 0. The van der Waals surface area contributed by atoms with Crippen LogP contribution in [0.5, 0.6) is 0 Å². The summed E-state index contributed by atoms with van der Waals surface area (Å²) in [7, 11) is 1.93. The normalized spacial score (nSPS) is 17.0. The molecule has 0 aliphatic heterocycles. The number of carbonyl (C=O) groups excluding carboxylic acids is 1. The summed E-state index contributed by atoms with van der Waals surface area (Å²) in [6.45, 7) is 0. The van der Waals surface area contributed by atoms with Crippen LogP contribution in [0.3, 0.4) is 0 Å². The molecular formula is C24H23NO. The molecule has 3 aromatic carbocycles. The molecule has 1 amide bonds. The van der Waals surface area contributed by atoms with Gasteiger partial charge >= 0.3 is 0 Å². The largest absolute Gasteiger partial charge is 0.338 e. The van der Waals surface area contributed by atoms with Gasteiger partial charge in [0, 0.05) is 18.7 Å². The Morgan fingerprint density at radius 3 is 2.38 bits per heavy atom. The van der Waals surface area contributed by atoms with E-state index in [4.69, 9.17) is 0 Å². The number of fused-ring (bicyclic) bond motifs is 1. The second kappa shape index (κ2) is 7.17. The minimum absolute atomic E-state index is 0.109. The molecule has 130 valence electrons. The average Bonchev–Trinajstić information content (AvgIpc) is 2.73. The molecule has 0 N–H and O–H groups in total. The monoisotopic (exact) mass is 341 g/mol. The van der Waals surface area contributed by atoms with Gasteiger partial charge in [-0.3, -0.25) is 4.79 Å². The zero-order valence-corrected chi connectivity index (χ0v) is 15.1. The smallest absolute Gasteiger partial charge is 0.253 e. The first-order valence-electron chi connectivity index (χ1n) is 9.23. The van der Waals surface area contributed by atoms with Crippen molar-refractivity contribution in [1.82, 2.24) is 4.90 Å². The van der Waals surface area contributed by atoms with E-state index in [2.05, 4.69) is 42.5 Å². The van der Waals surface area contributed by atoms with Gasteiger partial charge < -0.3 is 4.90 Å². The van der Waals surface area contributed by atoms with Gasteiger partial charge in [0.05, 0.1) is 0 Å². The van der Waals surface area contributed by atoms with Crippen LogP contribution in [0.4, 0.5) is 0 Å². The van der Waals surface area contributed by atoms with E-state index in [-0.39, 0.29) is 11.9 Å². The van der Waals surface area contributed by atoms with E-state index in [0.717, 1.165) is 30.2 Å². The fraction of sp³-hybridized carbons (Fsp3) is 0.208. The summed E-state index contributed by atoms with van der Waals surface area (Å²) >= 11 is 0. The predicted molar refractivity (Wildman–Crippen MR) is 108 cm³/mol. The van der Waals surface area contributed by atoms with Crippen molar-refractivity contribution in [3.05, 3.63) is 90.0 Å². The molecule has 3 aromatic rings. The topological polar surface area (TPSA) is 20.3 Å². The third-order valence-electron chi connectivity index (χ3n) is 5.39. The molecule has 1 unspecified atom stereocenters. The highest BCUT2D eigenvalue weighted by atomic mass is 16.2. The molecule has 0 spiro atoms. The average molecular weight is 341 g/mol. The Balaban J connectivity index is 1.49. The van der Waals surface area contributed by atoms with Crippen LogP contribution in [0, 0.1) is 0 Å². The highest BCUT2D eigenvalue weighted by Gasteiger charge is 2.23. The van der Waals surface area contributed by atoms with Crippen LogP contribution in [0.15, 0.2) is 78.9 Å². The van der Waals surface area contributed by atoms with E-state index in [1.54, 1.807) is 0 Å². The lowest BCUT2D eigenvalue weighted by atomic mass is 9.90. The lowest BCUT2D eigenvalue weighted by Gasteiger charge is -2.31. The zero-order chi connectivity index (χ0) is 17.9. The van der Waals surface area contributed by atoms with Crippen LogP contribution < -0.4 is 0 Å². The minimum atomic E-state index is 0.109. The van der Waals surface area contributed by atoms with Crippen molar-refractivity contribution in [2.24, 2.45) is 0 Å². The Kier molecular flexibility index (Phi) is 4.57. The quantitative estimate of drug-likeness (QED) is 0.612. The number of hydrogen-bond acceptors (Lipinski definition) is 1. The molecule has 0 saturated heterocycles. The van der Waals surface area contributed by atoms with Gasteiger partial charge in [0.15, 0.2) is 0 Å². The van der Waals surface area contributed by atoms with Gasteiger partial charge in [-0.15, -0.1) is 0 Å². The van der Waals surface area contributed by atoms with E-state index >= 15 is 0 Å². The van der Waals surface area contributed by atoms with Crippen LogP contribution in [0.2, 0.25) is 0 Å². The summed E-state index contributed by atoms with van der Waals surface area (Å²) in [5.41, 5.74) is 3.46. The van der Waals surface area contributed by atoms with E-state index in [0.29, 0.717) is 0 Å². The Morgan fingerprint density at radius 1 is 0.923 bits per heavy atom. The second-order valence-corrected chi connectivity index (χ2v) is 7.00. The lowest BCUT2D eigenvalue weighted by molar-refractivity contribution is 0.0724. The Labute approximate surface area is 154 Å². The maximum Gasteiger partial charge on any atom is 0.253 e. The highest BCUT2D eigenvalue weighted by Crippen LogP contribution is 2.29. The number of carbonyl (C=O) groups is 1. The first-order valence-corrected chi connectivity index (χ1v) is 9.23. The van der Waals surface area contributed by atoms with Crippen LogP contribution in [0.25, 0.3) is 16.3 Å². The minimum Gasteiger partial charge on any atom is -0.338 e. The molecule has 1 aliphatic rings. The summed E-state index contributed by atoms with van der Waals surface area (Å²) in [6.07, 6.45) is 5.24. The van der Waals surface area contributed by atoms with Gasteiger partial charge in [0.2, 0.25) is 0 Å². The van der Waals surface area contributed by atoms with Crippen LogP contribution in [-0.2, 0) is 0 Å². The Bertz CT molecular complexity index is 958. The molecule has 26 heavy (non-hydrogen) atoms. The predicted octanol–water partition coefficient (Wildman–Crippen LogP) is 5.55. The van der Waals surface area contributed by atoms with Crippen LogP contribution >= 0.6 is 0 Å². The molecule has 0 radical (unpaired) electrons. The lowest BCUT2D eigenvalue weighted by Crippen LogP contribution is -2.37. The molecule has 0 bridgehead atoms. The third-order valence-corrected chi connectivity index (χ3v) is 5.39. The van der Waals surface area contributed by atoms with E-state index in [9.17, 15) is 4.79 Å². The van der Waals surface area contributed by atoms with Crippen molar-refractivity contribution in [3.63, 3.8) is 0 Å². The fourth-order valence-electron chi connectivity index (χ4n) is 3.78. The van der Waals surface area contributed by atoms with Gasteiger partial charge in [-0.25, -0.2) is 0 Å². The van der Waals surface area contributed by atoms with E-state index in [1.807, 2.05) is 48.3 Å². The molecule has 2 nitrogen and oxygen atoms in total. The number of nitrogens with zero attached hydrogens (tertiary/aromatic N) is 1. The van der Waals surface area contributed by atoms with Crippen molar-refractivity contribution in [3.8, 4) is 0 Å². The van der Waals surface area contributed by atoms with E-state index < -0.39 is 0 Å². The maximum atomic E-state index is 12.9. The molecule has 2 heteroatoms. The molecule has 0 fully saturated rings. The second-order valence-electron chi connectivity index (χ2n) is 7.00. The first-order chi connectivity index (χ1) is 12.7. The molecule has 0 saturated carbocycles. The zero-order valence-electron chi connectivity index (χ0n) is 15.1. The van der Waals surface area contributed by atoms with Gasteiger partial charge in [-0.1, -0.05) is 66.7 Å². The molecule has 1 atom stereocenters. The van der Waals surface area contributed by atoms with Gasteiger partial charge in [0.25, 0.3) is 5.91 Å². The van der Waals surface area contributed by atoms with Crippen molar-refractivity contribution >= 4 is 22.3 Å². The van der Waals surface area contributed by atoms with Gasteiger partial charge in [0.1, 0.15) is 0 Å². The summed E-state index contributed by atoms with van der Waals surface area (Å²) in [5.74, 6) is 0.109. The molecule has 4 rings (SSSR count). The Morgan fingerprint density at radius 2 is 1.65 bits per heavy atom. The van der Waals surface area contributed by atoms with Crippen molar-refractivity contribution < 1.29 is 4.79 Å². The number of amides is 1. The first kappa shape index (κ1) is 16.6. The summed E-state index contributed by atoms with van der Waals surface area (Å²) < 4.78 is 0. The third kappa shape index (κ3) is 3.28. The number of allylic oxidation sites excluding steroid dienone is 1. The number of rotatable bonds is 3. The summed E-state index contributed by atoms with van der Waals surface area (Å²) in [5, 5.41) is 2.28. The van der Waals surface area contributed by atoms with E-state index in [1.165, 1.54) is 16.5 Å². The van der Waals surface area contributed by atoms with Gasteiger partial charge in [-0.05, 0) is 53.3 Å². The summed E-state index contributed by atoms with van der Waals surface area (Å²) in [6, 6.07) is 24.9. The van der Waals surface area contributed by atoms with Gasteiger partial charge in [-0.2, -0.15) is 0 Å². The number of benzene rings is 3. The Hall–Kier alpha value is -2.87.